The van der Waals surface area contributed by atoms with Crippen molar-refractivity contribution in [3.63, 3.8) is 0 Å². The summed E-state index contributed by atoms with van der Waals surface area (Å²) in [6.07, 6.45) is 4.29. The standard InChI is InChI=1S/C16H24O2/c1-5-6-7-16(13(2)3)18-12-14-8-10-15(17-4)11-9-14/h5,8-11,13,16H,1,6-7,12H2,2-4H3/t16-/m0/s1. The predicted molar refractivity (Wildman–Crippen MR) is 75.8 cm³/mol. The van der Waals surface area contributed by atoms with Crippen LogP contribution in [0.3, 0.4) is 0 Å². The van der Waals surface area contributed by atoms with Crippen LogP contribution in [0.15, 0.2) is 36.9 Å². The molecular formula is C16H24O2. The summed E-state index contributed by atoms with van der Waals surface area (Å²) in [4.78, 5) is 0. The summed E-state index contributed by atoms with van der Waals surface area (Å²) < 4.78 is 11.1. The molecule has 100 valence electrons. The first-order valence-electron chi connectivity index (χ1n) is 6.52. The van der Waals surface area contributed by atoms with E-state index in [4.69, 9.17) is 9.47 Å². The molecule has 0 N–H and O–H groups in total. The monoisotopic (exact) mass is 248 g/mol. The molecule has 0 amide bonds. The number of allylic oxidation sites excluding steroid dienone is 1. The fourth-order valence-corrected chi connectivity index (χ4v) is 1.82. The van der Waals surface area contributed by atoms with Gasteiger partial charge in [-0.25, -0.2) is 0 Å². The van der Waals surface area contributed by atoms with Gasteiger partial charge in [0.2, 0.25) is 0 Å². The summed E-state index contributed by atoms with van der Waals surface area (Å²) in [6.45, 7) is 8.81. The highest BCUT2D eigenvalue weighted by Gasteiger charge is 2.12. The van der Waals surface area contributed by atoms with Crippen molar-refractivity contribution < 1.29 is 9.47 Å². The maximum atomic E-state index is 5.98. The zero-order valence-corrected chi connectivity index (χ0v) is 11.7. The average Bonchev–Trinajstić information content (AvgIpc) is 2.39. The molecule has 0 aliphatic carbocycles. The number of benzene rings is 1. The molecule has 1 aromatic carbocycles. The molecule has 1 rings (SSSR count). The van der Waals surface area contributed by atoms with E-state index in [1.165, 1.54) is 5.56 Å². The maximum absolute atomic E-state index is 5.98. The van der Waals surface area contributed by atoms with E-state index in [0.717, 1.165) is 18.6 Å². The summed E-state index contributed by atoms with van der Waals surface area (Å²) in [6, 6.07) is 8.02. The minimum atomic E-state index is 0.296. The van der Waals surface area contributed by atoms with E-state index in [9.17, 15) is 0 Å². The summed E-state index contributed by atoms with van der Waals surface area (Å²) in [7, 11) is 1.68. The summed E-state index contributed by atoms with van der Waals surface area (Å²) >= 11 is 0. The van der Waals surface area contributed by atoms with E-state index in [1.807, 2.05) is 30.3 Å². The lowest BCUT2D eigenvalue weighted by Crippen LogP contribution is -2.19. The predicted octanol–water partition coefficient (Wildman–Crippen LogP) is 4.20. The molecule has 0 aliphatic heterocycles. The quantitative estimate of drug-likeness (QED) is 0.642. The molecule has 2 heteroatoms. The van der Waals surface area contributed by atoms with E-state index in [-0.39, 0.29) is 0 Å². The van der Waals surface area contributed by atoms with Crippen molar-refractivity contribution in [3.05, 3.63) is 42.5 Å². The maximum Gasteiger partial charge on any atom is 0.118 e. The van der Waals surface area contributed by atoms with Gasteiger partial charge in [-0.05, 0) is 36.5 Å². The Morgan fingerprint density at radius 3 is 2.39 bits per heavy atom. The number of methoxy groups -OCH3 is 1. The van der Waals surface area contributed by atoms with Crippen molar-refractivity contribution in [2.24, 2.45) is 5.92 Å². The molecule has 0 radical (unpaired) electrons. The molecule has 0 bridgehead atoms. The van der Waals surface area contributed by atoms with E-state index in [2.05, 4.69) is 20.4 Å². The fraction of sp³-hybridized carbons (Fsp3) is 0.500. The fourth-order valence-electron chi connectivity index (χ4n) is 1.82. The van der Waals surface area contributed by atoms with Gasteiger partial charge in [-0.15, -0.1) is 6.58 Å². The summed E-state index contributed by atoms with van der Waals surface area (Å²) in [5.41, 5.74) is 1.18. The molecule has 18 heavy (non-hydrogen) atoms. The first-order valence-corrected chi connectivity index (χ1v) is 6.52. The molecule has 0 saturated carbocycles. The van der Waals surface area contributed by atoms with Gasteiger partial charge in [-0.3, -0.25) is 0 Å². The lowest BCUT2D eigenvalue weighted by molar-refractivity contribution is 0.00592. The van der Waals surface area contributed by atoms with Gasteiger partial charge >= 0.3 is 0 Å². The van der Waals surface area contributed by atoms with Crippen LogP contribution in [0.25, 0.3) is 0 Å². The van der Waals surface area contributed by atoms with Crippen molar-refractivity contribution in [1.29, 1.82) is 0 Å². The van der Waals surface area contributed by atoms with Crippen LogP contribution in [-0.2, 0) is 11.3 Å². The zero-order chi connectivity index (χ0) is 13.4. The molecule has 0 spiro atoms. The molecule has 1 aromatic rings. The number of hydrogen-bond acceptors (Lipinski definition) is 2. The molecule has 0 saturated heterocycles. The van der Waals surface area contributed by atoms with Gasteiger partial charge in [-0.1, -0.05) is 32.1 Å². The van der Waals surface area contributed by atoms with Crippen LogP contribution in [0.4, 0.5) is 0 Å². The first kappa shape index (κ1) is 14.8. The van der Waals surface area contributed by atoms with Gasteiger partial charge in [0.15, 0.2) is 0 Å². The Balaban J connectivity index is 2.47. The lowest BCUT2D eigenvalue weighted by Gasteiger charge is -2.21. The molecule has 0 heterocycles. The van der Waals surface area contributed by atoms with E-state index < -0.39 is 0 Å². The average molecular weight is 248 g/mol. The van der Waals surface area contributed by atoms with Crippen molar-refractivity contribution in [2.45, 2.75) is 39.4 Å². The number of hydrogen-bond donors (Lipinski definition) is 0. The third-order valence-electron chi connectivity index (χ3n) is 3.02. The van der Waals surface area contributed by atoms with Crippen molar-refractivity contribution >= 4 is 0 Å². The molecular weight excluding hydrogens is 224 g/mol. The summed E-state index contributed by atoms with van der Waals surface area (Å²) in [5, 5.41) is 0. The van der Waals surface area contributed by atoms with Gasteiger partial charge in [0.05, 0.1) is 19.8 Å². The van der Waals surface area contributed by atoms with Crippen LogP contribution >= 0.6 is 0 Å². The minimum absolute atomic E-state index is 0.296. The Morgan fingerprint density at radius 2 is 1.89 bits per heavy atom. The van der Waals surface area contributed by atoms with Gasteiger partial charge in [0.25, 0.3) is 0 Å². The van der Waals surface area contributed by atoms with Gasteiger partial charge in [0.1, 0.15) is 5.75 Å². The summed E-state index contributed by atoms with van der Waals surface area (Å²) in [5.74, 6) is 1.41. The number of rotatable bonds is 8. The highest BCUT2D eigenvalue weighted by molar-refractivity contribution is 5.26. The van der Waals surface area contributed by atoms with Gasteiger partial charge in [-0.2, -0.15) is 0 Å². The Bertz CT molecular complexity index is 341. The van der Waals surface area contributed by atoms with E-state index in [0.29, 0.717) is 18.6 Å². The Labute approximate surface area is 111 Å². The van der Waals surface area contributed by atoms with Crippen LogP contribution in [-0.4, -0.2) is 13.2 Å². The first-order chi connectivity index (χ1) is 8.67. The zero-order valence-electron chi connectivity index (χ0n) is 11.7. The van der Waals surface area contributed by atoms with Crippen LogP contribution in [0.1, 0.15) is 32.3 Å². The molecule has 0 aromatic heterocycles. The molecule has 1 atom stereocenters. The van der Waals surface area contributed by atoms with Crippen LogP contribution < -0.4 is 4.74 Å². The van der Waals surface area contributed by atoms with Crippen LogP contribution in [0, 0.1) is 5.92 Å². The van der Waals surface area contributed by atoms with Gasteiger partial charge in [0, 0.05) is 0 Å². The third kappa shape index (κ3) is 4.92. The molecule has 0 aliphatic rings. The molecule has 2 nitrogen and oxygen atoms in total. The van der Waals surface area contributed by atoms with E-state index in [1.54, 1.807) is 7.11 Å². The number of ether oxygens (including phenoxy) is 2. The second-order valence-electron chi connectivity index (χ2n) is 4.81. The Kier molecular flexibility index (Phi) is 6.51. The smallest absolute Gasteiger partial charge is 0.118 e. The van der Waals surface area contributed by atoms with E-state index >= 15 is 0 Å². The van der Waals surface area contributed by atoms with Crippen molar-refractivity contribution in [1.82, 2.24) is 0 Å². The minimum Gasteiger partial charge on any atom is -0.497 e. The topological polar surface area (TPSA) is 18.5 Å². The normalized spacial score (nSPS) is 12.4. The largest absolute Gasteiger partial charge is 0.497 e. The third-order valence-corrected chi connectivity index (χ3v) is 3.02. The second-order valence-corrected chi connectivity index (χ2v) is 4.81. The second kappa shape index (κ2) is 7.93. The molecule has 0 unspecified atom stereocenters. The highest BCUT2D eigenvalue weighted by Crippen LogP contribution is 2.17. The molecule has 0 fully saturated rings. The van der Waals surface area contributed by atoms with Crippen molar-refractivity contribution in [2.75, 3.05) is 7.11 Å². The SMILES string of the molecule is C=CCC[C@H](OCc1ccc(OC)cc1)C(C)C. The lowest BCUT2D eigenvalue weighted by atomic mass is 10.0. The van der Waals surface area contributed by atoms with Gasteiger partial charge < -0.3 is 9.47 Å². The van der Waals surface area contributed by atoms with Crippen LogP contribution in [0.5, 0.6) is 5.75 Å². The Morgan fingerprint density at radius 1 is 1.22 bits per heavy atom. The van der Waals surface area contributed by atoms with Crippen LogP contribution in [0.2, 0.25) is 0 Å². The highest BCUT2D eigenvalue weighted by atomic mass is 16.5. The van der Waals surface area contributed by atoms with Crippen molar-refractivity contribution in [3.8, 4) is 5.75 Å². The Hall–Kier alpha value is -1.28.